The highest BCUT2D eigenvalue weighted by Crippen LogP contribution is 2.26. The molecule has 23 heavy (non-hydrogen) atoms. The summed E-state index contributed by atoms with van der Waals surface area (Å²) >= 11 is 12.2. The summed E-state index contributed by atoms with van der Waals surface area (Å²) in [5.41, 5.74) is 1.37. The lowest BCUT2D eigenvalue weighted by atomic mass is 9.98. The van der Waals surface area contributed by atoms with Crippen molar-refractivity contribution < 1.29 is 14.7 Å². The topological polar surface area (TPSA) is 74.9 Å². The summed E-state index contributed by atoms with van der Waals surface area (Å²) in [5.74, 6) is -1.65. The summed E-state index contributed by atoms with van der Waals surface area (Å²) in [6.07, 6.45) is 2.84. The van der Waals surface area contributed by atoms with Gasteiger partial charge in [-0.15, -0.1) is 0 Å². The number of halogens is 2. The number of piperidine rings is 1. The van der Waals surface area contributed by atoms with Gasteiger partial charge in [0.2, 0.25) is 0 Å². The molecule has 8 heteroatoms. The maximum Gasteiger partial charge on any atom is 0.308 e. The van der Waals surface area contributed by atoms with Crippen molar-refractivity contribution in [3.05, 3.63) is 33.7 Å². The standard InChI is InChI=1S/C15H15Cl2N3O3/c1-8-12(20-7-10(16)5-11(17)13(20)18-8)14(21)19-4-2-3-9(6-19)15(22)23/h5,7,9H,2-4,6H2,1H3,(H,22,23). The van der Waals surface area contributed by atoms with E-state index < -0.39 is 11.9 Å². The highest BCUT2D eigenvalue weighted by Gasteiger charge is 2.31. The number of carbonyl (C=O) groups excluding carboxylic acids is 1. The number of carboxylic acids is 1. The third-order valence-corrected chi connectivity index (χ3v) is 4.56. The smallest absolute Gasteiger partial charge is 0.308 e. The number of imidazole rings is 1. The summed E-state index contributed by atoms with van der Waals surface area (Å²) in [7, 11) is 0. The highest BCUT2D eigenvalue weighted by molar-refractivity contribution is 6.36. The van der Waals surface area contributed by atoms with Gasteiger partial charge in [0.1, 0.15) is 5.69 Å². The zero-order valence-electron chi connectivity index (χ0n) is 12.4. The molecule has 1 aliphatic rings. The van der Waals surface area contributed by atoms with E-state index in [9.17, 15) is 14.7 Å². The van der Waals surface area contributed by atoms with Crippen LogP contribution in [0.15, 0.2) is 12.3 Å². The predicted molar refractivity (Wildman–Crippen MR) is 86.2 cm³/mol. The number of rotatable bonds is 2. The third-order valence-electron chi connectivity index (χ3n) is 4.08. The van der Waals surface area contributed by atoms with Crippen molar-refractivity contribution in [3.8, 4) is 0 Å². The number of fused-ring (bicyclic) bond motifs is 1. The van der Waals surface area contributed by atoms with Crippen LogP contribution in [0.5, 0.6) is 0 Å². The molecule has 1 atom stereocenters. The van der Waals surface area contributed by atoms with Crippen molar-refractivity contribution >= 4 is 40.7 Å². The molecule has 0 aliphatic carbocycles. The first-order valence-electron chi connectivity index (χ1n) is 7.24. The Balaban J connectivity index is 2.01. The molecule has 1 N–H and O–H groups in total. The molecule has 1 unspecified atom stereocenters. The number of hydrogen-bond acceptors (Lipinski definition) is 3. The second-order valence-electron chi connectivity index (χ2n) is 5.67. The number of amides is 1. The molecule has 0 spiro atoms. The zero-order chi connectivity index (χ0) is 16.7. The minimum absolute atomic E-state index is 0.204. The number of aryl methyl sites for hydroxylation is 1. The van der Waals surface area contributed by atoms with Gasteiger partial charge >= 0.3 is 5.97 Å². The molecule has 122 valence electrons. The third kappa shape index (κ3) is 2.88. The first kappa shape index (κ1) is 16.1. The van der Waals surface area contributed by atoms with E-state index in [1.165, 1.54) is 0 Å². The second-order valence-corrected chi connectivity index (χ2v) is 6.52. The molecule has 1 aliphatic heterocycles. The van der Waals surface area contributed by atoms with Crippen LogP contribution in [0.1, 0.15) is 29.0 Å². The summed E-state index contributed by atoms with van der Waals surface area (Å²) in [6, 6.07) is 1.57. The highest BCUT2D eigenvalue weighted by atomic mass is 35.5. The first-order valence-corrected chi connectivity index (χ1v) is 8.00. The van der Waals surface area contributed by atoms with Crippen molar-refractivity contribution in [2.45, 2.75) is 19.8 Å². The number of aromatic nitrogens is 2. The van der Waals surface area contributed by atoms with Crippen molar-refractivity contribution in [2.24, 2.45) is 5.92 Å². The molecular weight excluding hydrogens is 341 g/mol. The van der Waals surface area contributed by atoms with E-state index in [2.05, 4.69) is 4.98 Å². The molecule has 0 aromatic carbocycles. The minimum atomic E-state index is -0.872. The average Bonchev–Trinajstić information content (AvgIpc) is 2.83. The van der Waals surface area contributed by atoms with E-state index in [1.54, 1.807) is 28.5 Å². The monoisotopic (exact) mass is 355 g/mol. The lowest BCUT2D eigenvalue weighted by Crippen LogP contribution is -2.42. The summed E-state index contributed by atoms with van der Waals surface area (Å²) in [4.78, 5) is 30.0. The van der Waals surface area contributed by atoms with Gasteiger partial charge < -0.3 is 10.0 Å². The molecule has 3 rings (SSSR count). The van der Waals surface area contributed by atoms with Crippen molar-refractivity contribution in [1.82, 2.24) is 14.3 Å². The van der Waals surface area contributed by atoms with E-state index in [0.717, 1.165) is 0 Å². The van der Waals surface area contributed by atoms with E-state index in [1.807, 2.05) is 0 Å². The molecule has 1 amide bonds. The van der Waals surface area contributed by atoms with Crippen molar-refractivity contribution in [1.29, 1.82) is 0 Å². The predicted octanol–water partition coefficient (Wildman–Crippen LogP) is 2.89. The van der Waals surface area contributed by atoms with Crippen LogP contribution in [0.25, 0.3) is 5.65 Å². The molecule has 3 heterocycles. The lowest BCUT2D eigenvalue weighted by Gasteiger charge is -2.30. The fraction of sp³-hybridized carbons (Fsp3) is 0.400. The van der Waals surface area contributed by atoms with Crippen LogP contribution in [0.3, 0.4) is 0 Å². The number of carbonyl (C=O) groups is 2. The Morgan fingerprint density at radius 3 is 2.83 bits per heavy atom. The minimum Gasteiger partial charge on any atom is -0.481 e. The van der Waals surface area contributed by atoms with Crippen LogP contribution in [0.4, 0.5) is 0 Å². The molecule has 2 aromatic heterocycles. The van der Waals surface area contributed by atoms with E-state index in [0.29, 0.717) is 46.5 Å². The van der Waals surface area contributed by atoms with E-state index in [4.69, 9.17) is 23.2 Å². The largest absolute Gasteiger partial charge is 0.481 e. The van der Waals surface area contributed by atoms with E-state index in [-0.39, 0.29) is 12.5 Å². The molecule has 1 fully saturated rings. The van der Waals surface area contributed by atoms with Gasteiger partial charge in [-0.1, -0.05) is 23.2 Å². The van der Waals surface area contributed by atoms with Crippen molar-refractivity contribution in [3.63, 3.8) is 0 Å². The molecule has 0 bridgehead atoms. The SMILES string of the molecule is Cc1nc2c(Cl)cc(Cl)cn2c1C(=O)N1CCCC(C(=O)O)C1. The van der Waals surface area contributed by atoms with Crippen molar-refractivity contribution in [2.75, 3.05) is 13.1 Å². The van der Waals surface area contributed by atoms with Crippen LogP contribution in [0, 0.1) is 12.8 Å². The van der Waals surface area contributed by atoms with Gasteiger partial charge in [-0.25, -0.2) is 4.98 Å². The molecule has 0 radical (unpaired) electrons. The number of nitrogens with zero attached hydrogens (tertiary/aromatic N) is 3. The number of pyridine rings is 1. The van der Waals surface area contributed by atoms with Gasteiger partial charge in [0, 0.05) is 19.3 Å². The van der Waals surface area contributed by atoms with Crippen LogP contribution < -0.4 is 0 Å². The van der Waals surface area contributed by atoms with Crippen LogP contribution >= 0.6 is 23.2 Å². The summed E-state index contributed by atoms with van der Waals surface area (Å²) in [6.45, 7) is 2.46. The van der Waals surface area contributed by atoms with Gasteiger partial charge in [0.15, 0.2) is 5.65 Å². The van der Waals surface area contributed by atoms with Crippen LogP contribution in [-0.4, -0.2) is 44.4 Å². The van der Waals surface area contributed by atoms with Crippen LogP contribution in [0.2, 0.25) is 10.0 Å². The van der Waals surface area contributed by atoms with Gasteiger partial charge in [-0.05, 0) is 25.8 Å². The van der Waals surface area contributed by atoms with Gasteiger partial charge in [0.25, 0.3) is 5.91 Å². The van der Waals surface area contributed by atoms with Crippen LogP contribution in [-0.2, 0) is 4.79 Å². The Bertz CT molecular complexity index is 803. The molecule has 6 nitrogen and oxygen atoms in total. The average molecular weight is 356 g/mol. The summed E-state index contributed by atoms with van der Waals surface area (Å²) in [5, 5.41) is 9.94. The fourth-order valence-corrected chi connectivity index (χ4v) is 3.47. The Morgan fingerprint density at radius 1 is 1.39 bits per heavy atom. The molecular formula is C15H15Cl2N3O3. The number of likely N-dealkylation sites (tertiary alicyclic amines) is 1. The maximum atomic E-state index is 12.9. The quantitative estimate of drug-likeness (QED) is 0.898. The number of carboxylic acid groups (broad SMARTS) is 1. The normalized spacial score (nSPS) is 18.4. The summed E-state index contributed by atoms with van der Waals surface area (Å²) < 4.78 is 1.58. The molecule has 1 saturated heterocycles. The Hall–Kier alpha value is -1.79. The number of hydrogen-bond donors (Lipinski definition) is 1. The molecule has 0 saturated carbocycles. The molecule has 2 aromatic rings. The maximum absolute atomic E-state index is 12.9. The second kappa shape index (κ2) is 6.02. The van der Waals surface area contributed by atoms with Gasteiger partial charge in [-0.3, -0.25) is 14.0 Å². The lowest BCUT2D eigenvalue weighted by molar-refractivity contribution is -0.143. The Labute approximate surface area is 142 Å². The fourth-order valence-electron chi connectivity index (χ4n) is 2.96. The zero-order valence-corrected chi connectivity index (χ0v) is 13.9. The first-order chi connectivity index (χ1) is 10.9. The Kier molecular flexibility index (Phi) is 4.21. The number of aliphatic carboxylic acids is 1. The van der Waals surface area contributed by atoms with E-state index >= 15 is 0 Å². The van der Waals surface area contributed by atoms with Gasteiger partial charge in [0.05, 0.1) is 21.7 Å². The Morgan fingerprint density at radius 2 is 2.13 bits per heavy atom. The van der Waals surface area contributed by atoms with Gasteiger partial charge in [-0.2, -0.15) is 0 Å².